The minimum absolute atomic E-state index is 0.0111. The van der Waals surface area contributed by atoms with Crippen LogP contribution in [0.25, 0.3) is 0 Å². The molecule has 0 spiro atoms. The van der Waals surface area contributed by atoms with Crippen molar-refractivity contribution < 1.29 is 19.4 Å². The number of likely N-dealkylation sites (tertiary alicyclic amines) is 1. The van der Waals surface area contributed by atoms with Gasteiger partial charge in [-0.2, -0.15) is 0 Å². The molecule has 0 saturated carbocycles. The van der Waals surface area contributed by atoms with Crippen LogP contribution >= 0.6 is 0 Å². The average molecular weight is 243 g/mol. The van der Waals surface area contributed by atoms with Gasteiger partial charge in [-0.05, 0) is 26.7 Å². The van der Waals surface area contributed by atoms with Gasteiger partial charge in [0.1, 0.15) is 6.61 Å². The molecule has 0 bridgehead atoms. The average Bonchev–Trinajstić information content (AvgIpc) is 2.71. The molecule has 0 aromatic heterocycles. The quantitative estimate of drug-likeness (QED) is 0.786. The molecule has 1 saturated heterocycles. The summed E-state index contributed by atoms with van der Waals surface area (Å²) in [6, 6.07) is 0. The Hall–Kier alpha value is -1.10. The molecular formula is C12H21NO4. The molecule has 1 unspecified atom stereocenters. The summed E-state index contributed by atoms with van der Waals surface area (Å²) in [5, 5.41) is 9.21. The Bertz CT molecular complexity index is 303. The van der Waals surface area contributed by atoms with Gasteiger partial charge in [-0.15, -0.1) is 0 Å². The molecule has 1 aliphatic heterocycles. The second-order valence-electron chi connectivity index (χ2n) is 4.86. The van der Waals surface area contributed by atoms with Crippen LogP contribution in [0, 0.1) is 5.41 Å². The van der Waals surface area contributed by atoms with E-state index in [0.29, 0.717) is 25.9 Å². The highest BCUT2D eigenvalue weighted by Crippen LogP contribution is 2.34. The zero-order valence-corrected chi connectivity index (χ0v) is 10.7. The van der Waals surface area contributed by atoms with Crippen LogP contribution in [0.3, 0.4) is 0 Å². The SMILES string of the molecule is CCC1(C(=O)O)CCN(C(=O)COC(C)C)C1. The lowest BCUT2D eigenvalue weighted by molar-refractivity contribution is -0.149. The molecule has 1 amide bonds. The summed E-state index contributed by atoms with van der Waals surface area (Å²) in [7, 11) is 0. The monoisotopic (exact) mass is 243 g/mol. The van der Waals surface area contributed by atoms with Gasteiger partial charge < -0.3 is 14.7 Å². The molecule has 1 rings (SSSR count). The van der Waals surface area contributed by atoms with Gasteiger partial charge in [0.05, 0.1) is 11.5 Å². The molecule has 5 heteroatoms. The first-order valence-corrected chi connectivity index (χ1v) is 6.04. The van der Waals surface area contributed by atoms with Crippen LogP contribution in [0.15, 0.2) is 0 Å². The molecule has 1 fully saturated rings. The summed E-state index contributed by atoms with van der Waals surface area (Å²) in [6.07, 6.45) is 1.10. The van der Waals surface area contributed by atoms with Crippen LogP contribution < -0.4 is 0 Å². The molecule has 1 N–H and O–H groups in total. The first-order chi connectivity index (χ1) is 7.91. The maximum absolute atomic E-state index is 11.8. The smallest absolute Gasteiger partial charge is 0.311 e. The Morgan fingerprint density at radius 2 is 2.12 bits per heavy atom. The third-order valence-electron chi connectivity index (χ3n) is 3.38. The largest absolute Gasteiger partial charge is 0.481 e. The highest BCUT2D eigenvalue weighted by Gasteiger charge is 2.44. The van der Waals surface area contributed by atoms with Crippen molar-refractivity contribution in [2.45, 2.75) is 39.7 Å². The van der Waals surface area contributed by atoms with Crippen LogP contribution in [-0.4, -0.2) is 47.7 Å². The lowest BCUT2D eigenvalue weighted by atomic mass is 9.84. The Labute approximate surface area is 102 Å². The minimum Gasteiger partial charge on any atom is -0.481 e. The van der Waals surface area contributed by atoms with Crippen LogP contribution in [0.5, 0.6) is 0 Å². The van der Waals surface area contributed by atoms with E-state index in [2.05, 4.69) is 0 Å². The Morgan fingerprint density at radius 1 is 1.47 bits per heavy atom. The van der Waals surface area contributed by atoms with Gasteiger partial charge in [0.2, 0.25) is 5.91 Å². The number of ether oxygens (including phenoxy) is 1. The molecular weight excluding hydrogens is 222 g/mol. The molecule has 1 atom stereocenters. The maximum Gasteiger partial charge on any atom is 0.311 e. The maximum atomic E-state index is 11.8. The zero-order valence-electron chi connectivity index (χ0n) is 10.7. The molecule has 0 radical (unpaired) electrons. The summed E-state index contributed by atoms with van der Waals surface area (Å²) >= 11 is 0. The number of hydrogen-bond acceptors (Lipinski definition) is 3. The Morgan fingerprint density at radius 3 is 2.53 bits per heavy atom. The van der Waals surface area contributed by atoms with Gasteiger partial charge >= 0.3 is 5.97 Å². The fourth-order valence-electron chi connectivity index (χ4n) is 2.03. The number of aliphatic carboxylic acids is 1. The predicted molar refractivity (Wildman–Crippen MR) is 62.6 cm³/mol. The van der Waals surface area contributed by atoms with Crippen molar-refractivity contribution in [3.63, 3.8) is 0 Å². The third-order valence-corrected chi connectivity index (χ3v) is 3.38. The standard InChI is InChI=1S/C12H21NO4/c1-4-12(11(15)16)5-6-13(8-12)10(14)7-17-9(2)3/h9H,4-8H2,1-3H3,(H,15,16). The lowest BCUT2D eigenvalue weighted by Crippen LogP contribution is -2.38. The van der Waals surface area contributed by atoms with Crippen molar-refractivity contribution in [3.05, 3.63) is 0 Å². The van der Waals surface area contributed by atoms with Crippen molar-refractivity contribution in [2.75, 3.05) is 19.7 Å². The van der Waals surface area contributed by atoms with Crippen LogP contribution in [0.1, 0.15) is 33.6 Å². The fourth-order valence-corrected chi connectivity index (χ4v) is 2.03. The summed E-state index contributed by atoms with van der Waals surface area (Å²) in [4.78, 5) is 24.6. The number of carboxylic acid groups (broad SMARTS) is 1. The van der Waals surface area contributed by atoms with E-state index < -0.39 is 11.4 Å². The number of carbonyl (C=O) groups excluding carboxylic acids is 1. The topological polar surface area (TPSA) is 66.8 Å². The van der Waals surface area contributed by atoms with Gasteiger partial charge in [-0.1, -0.05) is 6.92 Å². The van der Waals surface area contributed by atoms with Gasteiger partial charge in [0, 0.05) is 13.1 Å². The number of rotatable bonds is 5. The van der Waals surface area contributed by atoms with Crippen molar-refractivity contribution in [3.8, 4) is 0 Å². The molecule has 1 aliphatic rings. The normalized spacial score (nSPS) is 24.4. The van der Waals surface area contributed by atoms with E-state index in [1.165, 1.54) is 0 Å². The van der Waals surface area contributed by atoms with Crippen LogP contribution in [-0.2, 0) is 14.3 Å². The van der Waals surface area contributed by atoms with Gasteiger partial charge in [0.25, 0.3) is 0 Å². The van der Waals surface area contributed by atoms with E-state index in [1.54, 1.807) is 4.90 Å². The van der Waals surface area contributed by atoms with E-state index in [-0.39, 0.29) is 18.6 Å². The van der Waals surface area contributed by atoms with Gasteiger partial charge in [-0.3, -0.25) is 9.59 Å². The molecule has 5 nitrogen and oxygen atoms in total. The Kier molecular flexibility index (Phi) is 4.51. The summed E-state index contributed by atoms with van der Waals surface area (Å²) in [5.41, 5.74) is -0.756. The number of carbonyl (C=O) groups is 2. The van der Waals surface area contributed by atoms with E-state index in [9.17, 15) is 14.7 Å². The van der Waals surface area contributed by atoms with Gasteiger partial charge in [-0.25, -0.2) is 0 Å². The lowest BCUT2D eigenvalue weighted by Gasteiger charge is -2.23. The van der Waals surface area contributed by atoms with E-state index in [1.807, 2.05) is 20.8 Å². The molecule has 1 heterocycles. The highest BCUT2D eigenvalue weighted by atomic mass is 16.5. The minimum atomic E-state index is -0.805. The summed E-state index contributed by atoms with van der Waals surface area (Å²) in [5.74, 6) is -0.921. The van der Waals surface area contributed by atoms with E-state index in [4.69, 9.17) is 4.74 Å². The predicted octanol–water partition coefficient (Wildman–Crippen LogP) is 1.12. The first-order valence-electron chi connectivity index (χ1n) is 6.04. The molecule has 0 aliphatic carbocycles. The summed E-state index contributed by atoms with van der Waals surface area (Å²) < 4.78 is 5.24. The molecule has 0 aromatic carbocycles. The number of nitrogens with zero attached hydrogens (tertiary/aromatic N) is 1. The fraction of sp³-hybridized carbons (Fsp3) is 0.833. The summed E-state index contributed by atoms with van der Waals surface area (Å²) in [6.45, 7) is 6.44. The molecule has 17 heavy (non-hydrogen) atoms. The van der Waals surface area contributed by atoms with Crippen LogP contribution in [0.2, 0.25) is 0 Å². The number of carboxylic acids is 1. The van der Waals surface area contributed by atoms with Crippen molar-refractivity contribution in [2.24, 2.45) is 5.41 Å². The highest BCUT2D eigenvalue weighted by molar-refractivity contribution is 5.81. The second kappa shape index (κ2) is 5.49. The van der Waals surface area contributed by atoms with Crippen molar-refractivity contribution in [1.29, 1.82) is 0 Å². The van der Waals surface area contributed by atoms with E-state index in [0.717, 1.165) is 0 Å². The zero-order chi connectivity index (χ0) is 13.1. The molecule has 0 aromatic rings. The van der Waals surface area contributed by atoms with Gasteiger partial charge in [0.15, 0.2) is 0 Å². The third kappa shape index (κ3) is 3.19. The Balaban J connectivity index is 2.54. The van der Waals surface area contributed by atoms with E-state index >= 15 is 0 Å². The second-order valence-corrected chi connectivity index (χ2v) is 4.86. The van der Waals surface area contributed by atoms with Crippen LogP contribution in [0.4, 0.5) is 0 Å². The van der Waals surface area contributed by atoms with Crippen molar-refractivity contribution in [1.82, 2.24) is 4.90 Å². The number of amides is 1. The van der Waals surface area contributed by atoms with Crippen molar-refractivity contribution >= 4 is 11.9 Å². The number of hydrogen-bond donors (Lipinski definition) is 1. The molecule has 98 valence electrons. The first kappa shape index (κ1) is 14.0.